The zero-order valence-electron chi connectivity index (χ0n) is 11.6. The van der Waals surface area contributed by atoms with Crippen LogP contribution in [-0.2, 0) is 5.41 Å². The molecule has 0 fully saturated rings. The molecular weight excluding hydrogens is 316 g/mol. The van der Waals surface area contributed by atoms with E-state index in [0.29, 0.717) is 12.1 Å². The third kappa shape index (κ3) is 3.12. The van der Waals surface area contributed by atoms with E-state index in [2.05, 4.69) is 4.74 Å². The van der Waals surface area contributed by atoms with Crippen molar-refractivity contribution in [2.24, 2.45) is 0 Å². The quantitative estimate of drug-likeness (QED) is 0.845. The van der Waals surface area contributed by atoms with Gasteiger partial charge in [-0.15, -0.1) is 0 Å². The van der Waals surface area contributed by atoms with E-state index in [1.54, 1.807) is 0 Å². The Balaban J connectivity index is 3.45. The van der Waals surface area contributed by atoms with E-state index in [4.69, 9.17) is 0 Å². The summed E-state index contributed by atoms with van der Waals surface area (Å²) in [6, 6.07) is 3.34. The van der Waals surface area contributed by atoms with Crippen molar-refractivity contribution >= 4 is 6.09 Å². The Labute approximate surface area is 122 Å². The molecule has 0 unspecified atom stereocenters. The molecular formula is C13H13F6NO2. The maximum absolute atomic E-state index is 13.2. The topological polar surface area (TPSA) is 38.3 Å². The Morgan fingerprint density at radius 3 is 2.09 bits per heavy atom. The van der Waals surface area contributed by atoms with Crippen LogP contribution in [0.3, 0.4) is 0 Å². The van der Waals surface area contributed by atoms with Gasteiger partial charge in [0.2, 0.25) is 0 Å². The number of rotatable bonds is 3. The highest BCUT2D eigenvalue weighted by molar-refractivity contribution is 5.70. The number of hydrogen-bond donors (Lipinski definition) is 1. The minimum atomic E-state index is -5.55. The number of carbonyl (C=O) groups excluding carboxylic acids is 1. The van der Waals surface area contributed by atoms with Crippen molar-refractivity contribution in [1.29, 1.82) is 0 Å². The summed E-state index contributed by atoms with van der Waals surface area (Å²) in [6.07, 6.45) is -13.3. The van der Waals surface area contributed by atoms with Crippen molar-refractivity contribution in [3.05, 3.63) is 29.8 Å². The Morgan fingerprint density at radius 1 is 1.14 bits per heavy atom. The third-order valence-corrected chi connectivity index (χ3v) is 3.24. The second kappa shape index (κ2) is 6.05. The second-order valence-electron chi connectivity index (χ2n) is 4.42. The Bertz CT molecular complexity index is 524. The molecule has 0 aliphatic heterocycles. The fraction of sp³-hybridized carbons (Fsp3) is 0.462. The van der Waals surface area contributed by atoms with Crippen molar-refractivity contribution in [2.45, 2.75) is 31.1 Å². The van der Waals surface area contributed by atoms with Crippen molar-refractivity contribution in [3.63, 3.8) is 0 Å². The van der Waals surface area contributed by atoms with Gasteiger partial charge in [0.1, 0.15) is 5.75 Å². The average molecular weight is 329 g/mol. The summed E-state index contributed by atoms with van der Waals surface area (Å²) in [5.74, 6) is -0.414. The number of amides is 1. The number of halogens is 6. The number of carbonyl (C=O) groups is 1. The van der Waals surface area contributed by atoms with Crippen LogP contribution in [0.25, 0.3) is 0 Å². The standard InChI is InChI=1S/C13H13F6NO2/c1-3-11(12(14,15)16,13(17,18)19)8-5-4-6-9(7-8)22-10(21)20-2/h4-7H,3H2,1-2H3,(H,20,21). The van der Waals surface area contributed by atoms with E-state index < -0.39 is 41.6 Å². The Hall–Kier alpha value is -1.93. The molecule has 0 heterocycles. The first-order chi connectivity index (χ1) is 9.99. The molecule has 0 atom stereocenters. The first kappa shape index (κ1) is 18.1. The van der Waals surface area contributed by atoms with E-state index in [1.165, 1.54) is 7.05 Å². The zero-order chi connectivity index (χ0) is 17.2. The van der Waals surface area contributed by atoms with Gasteiger partial charge in [0, 0.05) is 7.05 Å². The molecule has 22 heavy (non-hydrogen) atoms. The average Bonchev–Trinajstić information content (AvgIpc) is 2.37. The fourth-order valence-electron chi connectivity index (χ4n) is 2.08. The predicted octanol–water partition coefficient (Wildman–Crippen LogP) is 4.18. The van der Waals surface area contributed by atoms with Gasteiger partial charge in [-0.3, -0.25) is 0 Å². The first-order valence-corrected chi connectivity index (χ1v) is 6.13. The lowest BCUT2D eigenvalue weighted by Crippen LogP contribution is -2.53. The SMILES string of the molecule is CCC(c1cccc(OC(=O)NC)c1)(C(F)(F)F)C(F)(F)F. The monoisotopic (exact) mass is 329 g/mol. The van der Waals surface area contributed by atoms with Gasteiger partial charge in [-0.05, 0) is 24.1 Å². The normalized spacial score (nSPS) is 12.9. The lowest BCUT2D eigenvalue weighted by molar-refractivity contribution is -0.304. The summed E-state index contributed by atoms with van der Waals surface area (Å²) in [5, 5.41) is 2.04. The van der Waals surface area contributed by atoms with Gasteiger partial charge in [0.15, 0.2) is 5.41 Å². The van der Waals surface area contributed by atoms with Gasteiger partial charge in [-0.25, -0.2) is 4.79 Å². The van der Waals surface area contributed by atoms with E-state index in [1.807, 2.05) is 5.32 Å². The van der Waals surface area contributed by atoms with Crippen LogP contribution < -0.4 is 10.1 Å². The largest absolute Gasteiger partial charge is 0.412 e. The molecule has 1 aromatic rings. The van der Waals surface area contributed by atoms with Gasteiger partial charge in [0.25, 0.3) is 0 Å². The molecule has 0 spiro atoms. The summed E-state index contributed by atoms with van der Waals surface area (Å²) in [5.41, 5.74) is -5.06. The lowest BCUT2D eigenvalue weighted by Gasteiger charge is -2.37. The van der Waals surface area contributed by atoms with E-state index in [9.17, 15) is 31.1 Å². The van der Waals surface area contributed by atoms with Gasteiger partial charge in [-0.2, -0.15) is 26.3 Å². The highest BCUT2D eigenvalue weighted by Gasteiger charge is 2.70. The molecule has 3 nitrogen and oxygen atoms in total. The maximum Gasteiger partial charge on any atom is 0.412 e. The van der Waals surface area contributed by atoms with Crippen LogP contribution >= 0.6 is 0 Å². The number of ether oxygens (including phenoxy) is 1. The maximum atomic E-state index is 13.2. The summed E-state index contributed by atoms with van der Waals surface area (Å²) in [4.78, 5) is 11.0. The smallest absolute Gasteiger partial charge is 0.410 e. The molecule has 9 heteroatoms. The molecule has 124 valence electrons. The molecule has 1 aromatic carbocycles. The van der Waals surface area contributed by atoms with Gasteiger partial charge in [0.05, 0.1) is 0 Å². The minimum absolute atomic E-state index is 0.414. The Morgan fingerprint density at radius 2 is 1.68 bits per heavy atom. The molecule has 1 amide bonds. The third-order valence-electron chi connectivity index (χ3n) is 3.24. The summed E-state index contributed by atoms with van der Waals surface area (Å²) in [6.45, 7) is 0.799. The van der Waals surface area contributed by atoms with Crippen molar-refractivity contribution in [3.8, 4) is 5.75 Å². The van der Waals surface area contributed by atoms with Crippen LogP contribution in [0, 0.1) is 0 Å². The van der Waals surface area contributed by atoms with Crippen LogP contribution in [0.15, 0.2) is 24.3 Å². The molecule has 0 aromatic heterocycles. The molecule has 0 saturated carbocycles. The zero-order valence-corrected chi connectivity index (χ0v) is 11.6. The van der Waals surface area contributed by atoms with Crippen molar-refractivity contribution < 1.29 is 35.9 Å². The summed E-state index contributed by atoms with van der Waals surface area (Å²) >= 11 is 0. The summed E-state index contributed by atoms with van der Waals surface area (Å²) < 4.78 is 83.6. The Kier molecular flexibility index (Phi) is 4.99. The van der Waals surface area contributed by atoms with Crippen LogP contribution in [0.4, 0.5) is 31.1 Å². The number of hydrogen-bond acceptors (Lipinski definition) is 2. The highest BCUT2D eigenvalue weighted by atomic mass is 19.4. The predicted molar refractivity (Wildman–Crippen MR) is 65.6 cm³/mol. The molecule has 1 N–H and O–H groups in total. The van der Waals surface area contributed by atoms with Gasteiger partial charge >= 0.3 is 18.4 Å². The highest BCUT2D eigenvalue weighted by Crippen LogP contribution is 2.54. The molecule has 0 saturated heterocycles. The van der Waals surface area contributed by atoms with Crippen molar-refractivity contribution in [1.82, 2.24) is 5.32 Å². The van der Waals surface area contributed by atoms with Crippen LogP contribution in [0.2, 0.25) is 0 Å². The van der Waals surface area contributed by atoms with E-state index in [0.717, 1.165) is 19.1 Å². The van der Waals surface area contributed by atoms with Crippen LogP contribution in [-0.4, -0.2) is 25.5 Å². The number of alkyl halides is 6. The molecule has 0 aliphatic rings. The van der Waals surface area contributed by atoms with Crippen molar-refractivity contribution in [2.75, 3.05) is 7.05 Å². The molecule has 0 bridgehead atoms. The number of benzene rings is 1. The second-order valence-corrected chi connectivity index (χ2v) is 4.42. The fourth-order valence-corrected chi connectivity index (χ4v) is 2.08. The van der Waals surface area contributed by atoms with E-state index >= 15 is 0 Å². The van der Waals surface area contributed by atoms with Gasteiger partial charge in [-0.1, -0.05) is 19.1 Å². The van der Waals surface area contributed by atoms with E-state index in [-0.39, 0.29) is 0 Å². The van der Waals surface area contributed by atoms with Gasteiger partial charge < -0.3 is 10.1 Å². The number of nitrogens with one attached hydrogen (secondary N) is 1. The summed E-state index contributed by atoms with van der Waals surface area (Å²) in [7, 11) is 1.20. The lowest BCUT2D eigenvalue weighted by atomic mass is 9.76. The first-order valence-electron chi connectivity index (χ1n) is 6.13. The molecule has 0 aliphatic carbocycles. The minimum Gasteiger partial charge on any atom is -0.410 e. The molecule has 1 rings (SSSR count). The van der Waals surface area contributed by atoms with Crippen LogP contribution in [0.1, 0.15) is 18.9 Å². The van der Waals surface area contributed by atoms with Crippen LogP contribution in [0.5, 0.6) is 5.75 Å². The molecule has 0 radical (unpaired) electrons.